The first-order chi connectivity index (χ1) is 9.40. The van der Waals surface area contributed by atoms with Gasteiger partial charge in [0, 0.05) is 0 Å². The van der Waals surface area contributed by atoms with Crippen molar-refractivity contribution in [1.29, 1.82) is 0 Å². The van der Waals surface area contributed by atoms with Crippen molar-refractivity contribution in [3.8, 4) is 0 Å². The second kappa shape index (κ2) is 5.52. The lowest BCUT2D eigenvalue weighted by Crippen LogP contribution is -2.13. The lowest BCUT2D eigenvalue weighted by molar-refractivity contribution is 0.0697. The van der Waals surface area contributed by atoms with E-state index in [2.05, 4.69) is 4.72 Å². The largest absolute Gasteiger partial charge is 0.478 e. The number of hydrogen-bond donors (Lipinski definition) is 2. The van der Waals surface area contributed by atoms with Crippen LogP contribution in [0.5, 0.6) is 0 Å². The predicted molar refractivity (Wildman–Crippen MR) is 75.7 cm³/mol. The minimum atomic E-state index is -3.81. The number of carboxylic acid groups (broad SMARTS) is 1. The fourth-order valence-corrected chi connectivity index (χ4v) is 2.84. The number of aromatic carboxylic acids is 1. The molecule has 0 saturated heterocycles. The van der Waals surface area contributed by atoms with Gasteiger partial charge in [-0.2, -0.15) is 0 Å². The zero-order valence-electron chi connectivity index (χ0n) is 10.1. The maximum Gasteiger partial charge on any atom is 0.335 e. The van der Waals surface area contributed by atoms with Crippen molar-refractivity contribution in [3.05, 3.63) is 59.1 Å². The summed E-state index contributed by atoms with van der Waals surface area (Å²) in [5, 5.41) is 9.04. The Hall–Kier alpha value is -2.05. The first-order valence-corrected chi connectivity index (χ1v) is 7.37. The number of para-hydroxylation sites is 1. The predicted octanol–water partition coefficient (Wildman–Crippen LogP) is 2.84. The van der Waals surface area contributed by atoms with Crippen LogP contribution >= 0.6 is 11.6 Å². The highest BCUT2D eigenvalue weighted by molar-refractivity contribution is 7.92. The molecule has 0 unspecified atom stereocenters. The average Bonchev–Trinajstić information content (AvgIpc) is 2.41. The Balaban J connectivity index is 2.31. The van der Waals surface area contributed by atoms with Crippen LogP contribution in [0.1, 0.15) is 10.4 Å². The van der Waals surface area contributed by atoms with E-state index in [0.29, 0.717) is 0 Å². The first-order valence-electron chi connectivity index (χ1n) is 5.51. The van der Waals surface area contributed by atoms with Gasteiger partial charge in [0.2, 0.25) is 0 Å². The molecule has 0 radical (unpaired) electrons. The molecule has 0 spiro atoms. The molecule has 0 atom stereocenters. The topological polar surface area (TPSA) is 83.5 Å². The Labute approximate surface area is 120 Å². The third kappa shape index (κ3) is 3.09. The van der Waals surface area contributed by atoms with Crippen LogP contribution in [0.25, 0.3) is 0 Å². The smallest absolute Gasteiger partial charge is 0.335 e. The number of anilines is 1. The van der Waals surface area contributed by atoms with Crippen molar-refractivity contribution in [2.45, 2.75) is 4.90 Å². The maximum absolute atomic E-state index is 12.1. The molecule has 0 aliphatic heterocycles. The number of sulfonamides is 1. The number of halogens is 1. The van der Waals surface area contributed by atoms with Crippen molar-refractivity contribution in [3.63, 3.8) is 0 Å². The van der Waals surface area contributed by atoms with E-state index in [4.69, 9.17) is 16.7 Å². The van der Waals surface area contributed by atoms with Crippen LogP contribution in [0.2, 0.25) is 5.02 Å². The van der Waals surface area contributed by atoms with Crippen LogP contribution in [-0.4, -0.2) is 19.5 Å². The summed E-state index contributed by atoms with van der Waals surface area (Å²) in [6.45, 7) is 0. The van der Waals surface area contributed by atoms with Gasteiger partial charge < -0.3 is 5.11 Å². The summed E-state index contributed by atoms with van der Waals surface area (Å²) in [4.78, 5) is 10.7. The molecule has 0 aromatic heterocycles. The molecule has 0 amide bonds. The number of carboxylic acids is 1. The van der Waals surface area contributed by atoms with Gasteiger partial charge in [-0.25, -0.2) is 13.2 Å². The van der Waals surface area contributed by atoms with E-state index < -0.39 is 16.0 Å². The summed E-state index contributed by atoms with van der Waals surface area (Å²) < 4.78 is 26.6. The molecule has 2 rings (SSSR count). The van der Waals surface area contributed by atoms with E-state index in [-0.39, 0.29) is 21.2 Å². The minimum absolute atomic E-state index is 0.0155. The fourth-order valence-electron chi connectivity index (χ4n) is 1.52. The Morgan fingerprint density at radius 1 is 1.05 bits per heavy atom. The van der Waals surface area contributed by atoms with Gasteiger partial charge in [-0.15, -0.1) is 0 Å². The molecule has 0 aliphatic rings. The molecule has 104 valence electrons. The Kier molecular flexibility index (Phi) is 3.96. The van der Waals surface area contributed by atoms with Crippen LogP contribution in [-0.2, 0) is 10.0 Å². The summed E-state index contributed by atoms with van der Waals surface area (Å²) in [7, 11) is -3.81. The molecule has 2 aromatic rings. The highest BCUT2D eigenvalue weighted by Crippen LogP contribution is 2.24. The zero-order valence-corrected chi connectivity index (χ0v) is 11.6. The second-order valence-corrected chi connectivity index (χ2v) is 6.00. The molecule has 0 saturated carbocycles. The van der Waals surface area contributed by atoms with E-state index in [1.54, 1.807) is 18.2 Å². The number of nitrogens with one attached hydrogen (secondary N) is 1. The molecule has 2 aromatic carbocycles. The lowest BCUT2D eigenvalue weighted by atomic mass is 10.2. The van der Waals surface area contributed by atoms with Crippen LogP contribution in [0.3, 0.4) is 0 Å². The molecule has 0 fully saturated rings. The molecular formula is C13H10ClNO4S. The average molecular weight is 312 g/mol. The fraction of sp³-hybridized carbons (Fsp3) is 0. The maximum atomic E-state index is 12.1. The highest BCUT2D eigenvalue weighted by atomic mass is 35.5. The molecule has 7 heteroatoms. The van der Waals surface area contributed by atoms with Gasteiger partial charge in [0.15, 0.2) is 0 Å². The SMILES string of the molecule is O=C(O)c1ccc(S(=O)(=O)Nc2ccccc2Cl)cc1. The Morgan fingerprint density at radius 3 is 2.20 bits per heavy atom. The lowest BCUT2D eigenvalue weighted by Gasteiger charge is -2.09. The third-order valence-corrected chi connectivity index (χ3v) is 4.24. The van der Waals surface area contributed by atoms with Crippen molar-refractivity contribution >= 4 is 33.3 Å². The van der Waals surface area contributed by atoms with Crippen molar-refractivity contribution < 1.29 is 18.3 Å². The molecule has 20 heavy (non-hydrogen) atoms. The van der Waals surface area contributed by atoms with Crippen molar-refractivity contribution in [1.82, 2.24) is 0 Å². The van der Waals surface area contributed by atoms with Gasteiger partial charge in [0.1, 0.15) is 0 Å². The van der Waals surface area contributed by atoms with Crippen LogP contribution in [0.15, 0.2) is 53.4 Å². The van der Waals surface area contributed by atoms with Crippen LogP contribution < -0.4 is 4.72 Å². The summed E-state index contributed by atoms with van der Waals surface area (Å²) in [6.07, 6.45) is 0. The van der Waals surface area contributed by atoms with Gasteiger partial charge in [-0.05, 0) is 36.4 Å². The van der Waals surface area contributed by atoms with E-state index in [1.807, 2.05) is 0 Å². The first kappa shape index (κ1) is 14.4. The third-order valence-electron chi connectivity index (χ3n) is 2.53. The van der Waals surface area contributed by atoms with Crippen molar-refractivity contribution in [2.24, 2.45) is 0 Å². The zero-order chi connectivity index (χ0) is 14.8. The number of hydrogen-bond acceptors (Lipinski definition) is 3. The van der Waals surface area contributed by atoms with E-state index in [9.17, 15) is 13.2 Å². The summed E-state index contributed by atoms with van der Waals surface area (Å²) in [5.41, 5.74) is 0.276. The van der Waals surface area contributed by atoms with Gasteiger partial charge in [0.05, 0.1) is 21.2 Å². The van der Waals surface area contributed by atoms with Gasteiger partial charge in [-0.3, -0.25) is 4.72 Å². The summed E-state index contributed by atoms with van der Waals surface area (Å²) in [6, 6.07) is 11.3. The summed E-state index contributed by atoms with van der Waals surface area (Å²) in [5.74, 6) is -1.12. The number of carbonyl (C=O) groups is 1. The van der Waals surface area contributed by atoms with Crippen molar-refractivity contribution in [2.75, 3.05) is 4.72 Å². The van der Waals surface area contributed by atoms with Gasteiger partial charge in [0.25, 0.3) is 10.0 Å². The Morgan fingerprint density at radius 2 is 1.65 bits per heavy atom. The number of benzene rings is 2. The molecule has 0 heterocycles. The molecule has 5 nitrogen and oxygen atoms in total. The van der Waals surface area contributed by atoms with E-state index in [1.165, 1.54) is 30.3 Å². The van der Waals surface area contributed by atoms with Gasteiger partial charge >= 0.3 is 5.97 Å². The highest BCUT2D eigenvalue weighted by Gasteiger charge is 2.16. The Bertz CT molecular complexity index is 741. The normalized spacial score (nSPS) is 11.1. The molecular weight excluding hydrogens is 302 g/mol. The quantitative estimate of drug-likeness (QED) is 0.909. The van der Waals surface area contributed by atoms with Gasteiger partial charge in [-0.1, -0.05) is 23.7 Å². The van der Waals surface area contributed by atoms with Crippen LogP contribution in [0.4, 0.5) is 5.69 Å². The standard InChI is InChI=1S/C13H10ClNO4S/c14-11-3-1-2-4-12(11)15-20(18,19)10-7-5-9(6-8-10)13(16)17/h1-8,15H,(H,16,17). The number of rotatable bonds is 4. The van der Waals surface area contributed by atoms with E-state index >= 15 is 0 Å². The molecule has 0 aliphatic carbocycles. The second-order valence-electron chi connectivity index (χ2n) is 3.91. The van der Waals surface area contributed by atoms with E-state index in [0.717, 1.165) is 0 Å². The molecule has 0 bridgehead atoms. The summed E-state index contributed by atoms with van der Waals surface area (Å²) >= 11 is 5.88. The van der Waals surface area contributed by atoms with Crippen LogP contribution in [0, 0.1) is 0 Å². The molecule has 2 N–H and O–H groups in total. The minimum Gasteiger partial charge on any atom is -0.478 e. The monoisotopic (exact) mass is 311 g/mol.